The van der Waals surface area contributed by atoms with Gasteiger partial charge in [-0.25, -0.2) is 9.98 Å². The van der Waals surface area contributed by atoms with E-state index in [1.807, 2.05) is 17.4 Å². The molecule has 0 spiro atoms. The Morgan fingerprint density at radius 2 is 1.22 bits per heavy atom. The number of thiophene rings is 1. The number of nitrogens with zero attached hydrogens (tertiary/aromatic N) is 3. The number of para-hydroxylation sites is 2. The minimum absolute atomic E-state index is 0.405. The van der Waals surface area contributed by atoms with Gasteiger partial charge in [-0.05, 0) is 64.0 Å². The van der Waals surface area contributed by atoms with Gasteiger partial charge in [0.15, 0.2) is 5.84 Å². The van der Waals surface area contributed by atoms with Gasteiger partial charge in [0.25, 0.3) is 0 Å². The van der Waals surface area contributed by atoms with Crippen molar-refractivity contribution in [1.82, 2.24) is 9.88 Å². The molecule has 5 nitrogen and oxygen atoms in total. The smallest absolute Gasteiger partial charge is 0.163 e. The average Bonchev–Trinajstić information content (AvgIpc) is 3.97. The second-order valence-electron chi connectivity index (χ2n) is 15.3. The Bertz CT molecular complexity index is 3780. The highest BCUT2D eigenvalue weighted by atomic mass is 32.1. The van der Waals surface area contributed by atoms with Crippen molar-refractivity contribution in [3.8, 4) is 5.69 Å². The van der Waals surface area contributed by atoms with Crippen molar-refractivity contribution in [2.45, 2.75) is 6.17 Å². The van der Waals surface area contributed by atoms with E-state index in [-0.39, 0.29) is 0 Å². The molecule has 0 aliphatic carbocycles. The molecular formula is C53H32N4OS. The Labute approximate surface area is 341 Å². The number of amidine groups is 2. The minimum Gasteiger partial charge on any atom is -0.455 e. The summed E-state index contributed by atoms with van der Waals surface area (Å²) in [4.78, 5) is 10.9. The highest BCUT2D eigenvalue weighted by Gasteiger charge is 2.28. The van der Waals surface area contributed by atoms with E-state index >= 15 is 0 Å². The van der Waals surface area contributed by atoms with E-state index in [0.29, 0.717) is 5.84 Å². The van der Waals surface area contributed by atoms with E-state index in [1.165, 1.54) is 41.7 Å². The van der Waals surface area contributed by atoms with E-state index in [9.17, 15) is 0 Å². The number of hydrogen-bond acceptors (Lipinski definition) is 5. The van der Waals surface area contributed by atoms with E-state index in [4.69, 9.17) is 14.4 Å². The lowest BCUT2D eigenvalue weighted by atomic mass is 10.0. The van der Waals surface area contributed by atoms with Crippen LogP contribution in [0.1, 0.15) is 22.9 Å². The van der Waals surface area contributed by atoms with Gasteiger partial charge in [0.1, 0.15) is 23.2 Å². The lowest BCUT2D eigenvalue weighted by Crippen LogP contribution is -2.33. The highest BCUT2D eigenvalue weighted by molar-refractivity contribution is 7.26. The first-order chi connectivity index (χ1) is 29.2. The van der Waals surface area contributed by atoms with Crippen molar-refractivity contribution >= 4 is 108 Å². The third-order valence-electron chi connectivity index (χ3n) is 12.0. The Kier molecular flexibility index (Phi) is 6.88. The predicted molar refractivity (Wildman–Crippen MR) is 248 cm³/mol. The summed E-state index contributed by atoms with van der Waals surface area (Å²) in [5, 5.41) is 15.5. The first kappa shape index (κ1) is 32.5. The van der Waals surface area contributed by atoms with Crippen LogP contribution >= 0.6 is 11.3 Å². The molecule has 1 aliphatic rings. The fourth-order valence-electron chi connectivity index (χ4n) is 9.37. The molecule has 0 saturated heterocycles. The summed E-state index contributed by atoms with van der Waals surface area (Å²) in [7, 11) is 0. The van der Waals surface area contributed by atoms with E-state index < -0.39 is 6.17 Å². The minimum atomic E-state index is -0.405. The molecule has 13 rings (SSSR count). The second kappa shape index (κ2) is 12.5. The summed E-state index contributed by atoms with van der Waals surface area (Å²) < 4.78 is 11.8. The number of nitrogens with one attached hydrogen (secondary N) is 1. The van der Waals surface area contributed by atoms with Crippen LogP contribution in [0, 0.1) is 0 Å². The molecule has 3 aromatic heterocycles. The number of aliphatic imine (C=N–C) groups is 2. The molecule has 0 radical (unpaired) electrons. The van der Waals surface area contributed by atoms with Crippen LogP contribution in [0.25, 0.3) is 91.1 Å². The molecule has 6 heteroatoms. The van der Waals surface area contributed by atoms with Gasteiger partial charge in [-0.3, -0.25) is 0 Å². The van der Waals surface area contributed by atoms with Gasteiger partial charge >= 0.3 is 0 Å². The molecule has 1 N–H and O–H groups in total. The van der Waals surface area contributed by atoms with Gasteiger partial charge < -0.3 is 14.3 Å². The van der Waals surface area contributed by atoms with Crippen molar-refractivity contribution in [3.63, 3.8) is 0 Å². The van der Waals surface area contributed by atoms with Crippen LogP contribution in [0.2, 0.25) is 0 Å². The molecule has 1 unspecified atom stereocenters. The van der Waals surface area contributed by atoms with Gasteiger partial charge in [-0.2, -0.15) is 0 Å². The molecule has 12 aromatic rings. The van der Waals surface area contributed by atoms with Crippen molar-refractivity contribution in [1.29, 1.82) is 0 Å². The highest BCUT2D eigenvalue weighted by Crippen LogP contribution is 2.43. The predicted octanol–water partition coefficient (Wildman–Crippen LogP) is 13.9. The zero-order chi connectivity index (χ0) is 38.6. The molecule has 0 fully saturated rings. The number of benzene rings is 9. The van der Waals surface area contributed by atoms with Gasteiger partial charge in [0, 0.05) is 47.5 Å². The molecule has 59 heavy (non-hydrogen) atoms. The normalized spacial score (nSPS) is 14.6. The van der Waals surface area contributed by atoms with Gasteiger partial charge in [0.2, 0.25) is 0 Å². The van der Waals surface area contributed by atoms with Crippen LogP contribution in [-0.2, 0) is 0 Å². The van der Waals surface area contributed by atoms with E-state index in [1.54, 1.807) is 0 Å². The lowest BCUT2D eigenvalue weighted by molar-refractivity contribution is 0.664. The number of fused-ring (bicyclic) bond motifs is 11. The van der Waals surface area contributed by atoms with Crippen LogP contribution in [0.15, 0.2) is 196 Å². The van der Waals surface area contributed by atoms with Crippen LogP contribution in [0.5, 0.6) is 0 Å². The number of rotatable bonds is 4. The molecule has 4 heterocycles. The molecular weight excluding hydrogens is 741 g/mol. The maximum atomic E-state index is 6.95. The maximum absolute atomic E-state index is 6.95. The quantitative estimate of drug-likeness (QED) is 0.194. The van der Waals surface area contributed by atoms with Crippen molar-refractivity contribution in [2.24, 2.45) is 9.98 Å². The number of furan rings is 1. The second-order valence-corrected chi connectivity index (χ2v) is 16.4. The summed E-state index contributed by atoms with van der Waals surface area (Å²) in [6.07, 6.45) is -0.405. The third-order valence-corrected chi connectivity index (χ3v) is 13.3. The Balaban J connectivity index is 1.09. The first-order valence-corrected chi connectivity index (χ1v) is 20.8. The number of hydrogen-bond donors (Lipinski definition) is 1. The van der Waals surface area contributed by atoms with E-state index in [2.05, 4.69) is 186 Å². The molecule has 9 aromatic carbocycles. The van der Waals surface area contributed by atoms with Crippen LogP contribution in [0.3, 0.4) is 0 Å². The lowest BCUT2D eigenvalue weighted by Gasteiger charge is -2.25. The topological polar surface area (TPSA) is 54.8 Å². The Morgan fingerprint density at radius 1 is 0.525 bits per heavy atom. The molecule has 276 valence electrons. The fraction of sp³-hybridized carbons (Fsp3) is 0.0189. The maximum Gasteiger partial charge on any atom is 0.163 e. The SMILES string of the molecule is c1ccc2cc3c(cc2c1)c1ccccc1n3-c1ccc(C2=NC(c3cccc4c3sc3ccccc34)NC(c3cccc4ccccc34)=N2)c2oc3ccccc3c12. The van der Waals surface area contributed by atoms with Gasteiger partial charge in [0.05, 0.1) is 27.7 Å². The zero-order valence-corrected chi connectivity index (χ0v) is 32.4. The fourth-order valence-corrected chi connectivity index (χ4v) is 10.6. The molecule has 1 aliphatic heterocycles. The van der Waals surface area contributed by atoms with Crippen molar-refractivity contribution in [2.75, 3.05) is 0 Å². The number of aromatic nitrogens is 1. The Hall–Kier alpha value is -7.54. The molecule has 0 bridgehead atoms. The van der Waals surface area contributed by atoms with Crippen LogP contribution in [0.4, 0.5) is 0 Å². The van der Waals surface area contributed by atoms with Gasteiger partial charge in [-0.15, -0.1) is 11.3 Å². The standard InChI is InChI=1S/C53H32N4OS/c1-2-15-33-30-45-42(29-32(33)14-1)35-18-5-8-24-43(35)57(45)44-28-27-40(49-48(44)39-20-6-9-25-46(39)58-49)52-54-51(38-22-11-16-31-13-3-4-17-34(31)38)55-53(56-52)41-23-12-21-37-36-19-7-10-26-47(36)59-50(37)41/h1-30,53H,(H,54,55,56). The summed E-state index contributed by atoms with van der Waals surface area (Å²) >= 11 is 1.82. The molecule has 1 atom stereocenters. The van der Waals surface area contributed by atoms with Crippen molar-refractivity contribution < 1.29 is 4.42 Å². The first-order valence-electron chi connectivity index (χ1n) is 19.9. The zero-order valence-electron chi connectivity index (χ0n) is 31.6. The van der Waals surface area contributed by atoms with Crippen molar-refractivity contribution in [3.05, 3.63) is 199 Å². The molecule has 0 saturated carbocycles. The molecule has 0 amide bonds. The third kappa shape index (κ3) is 4.84. The summed E-state index contributed by atoms with van der Waals surface area (Å²) in [6.45, 7) is 0. The summed E-state index contributed by atoms with van der Waals surface area (Å²) in [5.41, 5.74) is 7.91. The van der Waals surface area contributed by atoms with Crippen LogP contribution < -0.4 is 5.32 Å². The van der Waals surface area contributed by atoms with Gasteiger partial charge in [-0.1, -0.05) is 140 Å². The average molecular weight is 773 g/mol. The van der Waals surface area contributed by atoms with Crippen LogP contribution in [-0.4, -0.2) is 16.2 Å². The summed E-state index contributed by atoms with van der Waals surface area (Å²) in [6, 6.07) is 64.8. The van der Waals surface area contributed by atoms with E-state index in [0.717, 1.165) is 72.0 Å². The monoisotopic (exact) mass is 772 g/mol. The Morgan fingerprint density at radius 3 is 2.12 bits per heavy atom. The summed E-state index contributed by atoms with van der Waals surface area (Å²) in [5.74, 6) is 1.40. The largest absolute Gasteiger partial charge is 0.455 e.